The van der Waals surface area contributed by atoms with Crippen LogP contribution in [0.2, 0.25) is 0 Å². The Labute approximate surface area is 119 Å². The summed E-state index contributed by atoms with van der Waals surface area (Å²) in [5.74, 6) is 1.31. The van der Waals surface area contributed by atoms with Crippen molar-refractivity contribution >= 4 is 23.1 Å². The zero-order valence-corrected chi connectivity index (χ0v) is 12.2. The predicted octanol–water partition coefficient (Wildman–Crippen LogP) is 2.33. The molecule has 0 bridgehead atoms. The smallest absolute Gasteiger partial charge is 0.223 e. The maximum absolute atomic E-state index is 12.0. The quantitative estimate of drug-likeness (QED) is 0.859. The van der Waals surface area contributed by atoms with Gasteiger partial charge in [-0.3, -0.25) is 4.79 Å². The molecule has 0 aromatic heterocycles. The number of amides is 1. The second kappa shape index (κ2) is 5.70. The van der Waals surface area contributed by atoms with E-state index in [9.17, 15) is 4.79 Å². The molecular weight excluding hydrogens is 256 g/mol. The van der Waals surface area contributed by atoms with Crippen LogP contribution in [-0.4, -0.2) is 22.3 Å². The van der Waals surface area contributed by atoms with Crippen LogP contribution in [0.1, 0.15) is 31.4 Å². The number of carbonyl (C=O) groups excluding carboxylic acids is 1. The summed E-state index contributed by atoms with van der Waals surface area (Å²) in [5.41, 5.74) is 7.56. The van der Waals surface area contributed by atoms with Gasteiger partial charge >= 0.3 is 0 Å². The van der Waals surface area contributed by atoms with Crippen molar-refractivity contribution in [3.8, 4) is 0 Å². The molecule has 2 rings (SSSR count). The van der Waals surface area contributed by atoms with Crippen molar-refractivity contribution in [2.75, 3.05) is 6.54 Å². The number of likely N-dealkylation sites (tertiary alicyclic amines) is 1. The molecule has 0 aliphatic carbocycles. The highest BCUT2D eigenvalue weighted by atomic mass is 32.1. The molecule has 1 fully saturated rings. The molecule has 1 unspecified atom stereocenters. The van der Waals surface area contributed by atoms with E-state index < -0.39 is 0 Å². The van der Waals surface area contributed by atoms with Crippen LogP contribution in [0.25, 0.3) is 0 Å². The molecule has 1 saturated heterocycles. The molecule has 1 aliphatic heterocycles. The van der Waals surface area contributed by atoms with E-state index in [2.05, 4.69) is 13.8 Å². The third-order valence-electron chi connectivity index (χ3n) is 3.80. The Morgan fingerprint density at radius 3 is 2.53 bits per heavy atom. The lowest BCUT2D eigenvalue weighted by molar-refractivity contribution is -0.128. The molecule has 1 amide bonds. The minimum Gasteiger partial charge on any atom is -0.389 e. The number of nitrogens with two attached hydrogens (primary N) is 1. The van der Waals surface area contributed by atoms with Crippen molar-refractivity contribution in [1.29, 1.82) is 0 Å². The lowest BCUT2D eigenvalue weighted by atomic mass is 9.95. The monoisotopic (exact) mass is 276 g/mol. The van der Waals surface area contributed by atoms with Gasteiger partial charge in [0.15, 0.2) is 0 Å². The number of hydrogen-bond acceptors (Lipinski definition) is 2. The average Bonchev–Trinajstić information content (AvgIpc) is 2.72. The minimum atomic E-state index is 0.261. The van der Waals surface area contributed by atoms with Gasteiger partial charge in [0.1, 0.15) is 4.99 Å². The molecular formula is C15H20N2OS. The molecule has 1 aromatic carbocycles. The van der Waals surface area contributed by atoms with Gasteiger partial charge in [-0.25, -0.2) is 0 Å². The first-order valence-electron chi connectivity index (χ1n) is 6.64. The van der Waals surface area contributed by atoms with Gasteiger partial charge in [0, 0.05) is 25.1 Å². The van der Waals surface area contributed by atoms with E-state index in [0.29, 0.717) is 29.8 Å². The fourth-order valence-electron chi connectivity index (χ4n) is 2.40. The fourth-order valence-corrected chi connectivity index (χ4v) is 2.53. The van der Waals surface area contributed by atoms with Crippen molar-refractivity contribution in [1.82, 2.24) is 4.90 Å². The molecule has 3 nitrogen and oxygen atoms in total. The molecule has 0 radical (unpaired) electrons. The van der Waals surface area contributed by atoms with Crippen molar-refractivity contribution in [3.63, 3.8) is 0 Å². The molecule has 2 N–H and O–H groups in total. The summed E-state index contributed by atoms with van der Waals surface area (Å²) in [6.07, 6.45) is 0.683. The maximum Gasteiger partial charge on any atom is 0.223 e. The Morgan fingerprint density at radius 1 is 1.42 bits per heavy atom. The number of carbonyl (C=O) groups is 1. The molecule has 1 aliphatic rings. The highest BCUT2D eigenvalue weighted by molar-refractivity contribution is 7.80. The van der Waals surface area contributed by atoms with E-state index >= 15 is 0 Å². The second-order valence-electron chi connectivity index (χ2n) is 5.54. The normalized spacial score (nSPS) is 19.2. The molecule has 0 saturated carbocycles. The molecule has 4 heteroatoms. The van der Waals surface area contributed by atoms with Gasteiger partial charge in [-0.15, -0.1) is 0 Å². The van der Waals surface area contributed by atoms with Crippen molar-refractivity contribution in [3.05, 3.63) is 35.4 Å². The molecule has 1 atom stereocenters. The fraction of sp³-hybridized carbons (Fsp3) is 0.467. The third kappa shape index (κ3) is 3.32. The van der Waals surface area contributed by atoms with E-state index in [1.807, 2.05) is 29.2 Å². The van der Waals surface area contributed by atoms with Gasteiger partial charge in [-0.1, -0.05) is 50.3 Å². The van der Waals surface area contributed by atoms with Crippen LogP contribution in [0, 0.1) is 11.8 Å². The van der Waals surface area contributed by atoms with E-state index in [1.54, 1.807) is 0 Å². The third-order valence-corrected chi connectivity index (χ3v) is 4.03. The van der Waals surface area contributed by atoms with E-state index in [1.165, 1.54) is 0 Å². The number of hydrogen-bond donors (Lipinski definition) is 1. The summed E-state index contributed by atoms with van der Waals surface area (Å²) in [5, 5.41) is 0. The predicted molar refractivity (Wildman–Crippen MR) is 80.7 cm³/mol. The summed E-state index contributed by atoms with van der Waals surface area (Å²) in [7, 11) is 0. The summed E-state index contributed by atoms with van der Waals surface area (Å²) < 4.78 is 0. The van der Waals surface area contributed by atoms with Gasteiger partial charge in [0.05, 0.1) is 0 Å². The SMILES string of the molecule is CC(C)C1CC(=O)N(Cc2ccc(C(N)=S)cc2)C1. The first-order chi connectivity index (χ1) is 8.97. The Hall–Kier alpha value is -1.42. The second-order valence-corrected chi connectivity index (χ2v) is 5.98. The summed E-state index contributed by atoms with van der Waals surface area (Å²) in [6.45, 7) is 5.91. The first-order valence-corrected chi connectivity index (χ1v) is 7.04. The number of nitrogens with zero attached hydrogens (tertiary/aromatic N) is 1. The Morgan fingerprint density at radius 2 is 2.05 bits per heavy atom. The summed E-state index contributed by atoms with van der Waals surface area (Å²) >= 11 is 4.92. The van der Waals surface area contributed by atoms with Gasteiger partial charge in [0.25, 0.3) is 0 Å². The van der Waals surface area contributed by atoms with E-state index in [-0.39, 0.29) is 5.91 Å². The van der Waals surface area contributed by atoms with E-state index in [0.717, 1.165) is 17.7 Å². The number of benzene rings is 1. The molecule has 1 heterocycles. The van der Waals surface area contributed by atoms with Crippen molar-refractivity contribution < 1.29 is 4.79 Å². The van der Waals surface area contributed by atoms with Crippen LogP contribution >= 0.6 is 12.2 Å². The summed E-state index contributed by atoms with van der Waals surface area (Å²) in [4.78, 5) is 14.3. The largest absolute Gasteiger partial charge is 0.389 e. The minimum absolute atomic E-state index is 0.261. The van der Waals surface area contributed by atoms with Gasteiger partial charge < -0.3 is 10.6 Å². The molecule has 19 heavy (non-hydrogen) atoms. The zero-order valence-electron chi connectivity index (χ0n) is 11.4. The Bertz CT molecular complexity index is 481. The van der Waals surface area contributed by atoms with Crippen molar-refractivity contribution in [2.45, 2.75) is 26.8 Å². The van der Waals surface area contributed by atoms with Gasteiger partial charge in [0.2, 0.25) is 5.91 Å². The Kier molecular flexibility index (Phi) is 4.20. The maximum atomic E-state index is 12.0. The average molecular weight is 276 g/mol. The van der Waals surface area contributed by atoms with Crippen LogP contribution in [0.5, 0.6) is 0 Å². The highest BCUT2D eigenvalue weighted by Gasteiger charge is 2.31. The lowest BCUT2D eigenvalue weighted by Crippen LogP contribution is -2.25. The molecule has 0 spiro atoms. The van der Waals surface area contributed by atoms with Crippen LogP contribution in [0.4, 0.5) is 0 Å². The highest BCUT2D eigenvalue weighted by Crippen LogP contribution is 2.26. The lowest BCUT2D eigenvalue weighted by Gasteiger charge is -2.18. The number of rotatable bonds is 4. The van der Waals surface area contributed by atoms with Crippen LogP contribution in [0.3, 0.4) is 0 Å². The number of thiocarbonyl (C=S) groups is 1. The Balaban J connectivity index is 2.01. The molecule has 1 aromatic rings. The van der Waals surface area contributed by atoms with Gasteiger partial charge in [-0.2, -0.15) is 0 Å². The van der Waals surface area contributed by atoms with Gasteiger partial charge in [-0.05, 0) is 17.4 Å². The van der Waals surface area contributed by atoms with Crippen molar-refractivity contribution in [2.24, 2.45) is 17.6 Å². The van der Waals surface area contributed by atoms with Crippen LogP contribution in [-0.2, 0) is 11.3 Å². The van der Waals surface area contributed by atoms with Crippen LogP contribution in [0.15, 0.2) is 24.3 Å². The van der Waals surface area contributed by atoms with Crippen LogP contribution < -0.4 is 5.73 Å². The standard InChI is InChI=1S/C15H20N2OS/c1-10(2)13-7-14(18)17(9-13)8-11-3-5-12(6-4-11)15(16)19/h3-6,10,13H,7-9H2,1-2H3,(H2,16,19). The molecule has 102 valence electrons. The topological polar surface area (TPSA) is 46.3 Å². The summed E-state index contributed by atoms with van der Waals surface area (Å²) in [6, 6.07) is 7.81. The zero-order chi connectivity index (χ0) is 14.0. The first kappa shape index (κ1) is 14.0. The van der Waals surface area contributed by atoms with E-state index in [4.69, 9.17) is 18.0 Å².